The molecular weight excluding hydrogens is 524 g/mol. The number of anilines is 1. The van der Waals surface area contributed by atoms with Crippen LogP contribution in [0, 0.1) is 0 Å². The predicted octanol–water partition coefficient (Wildman–Crippen LogP) is 2.36. The number of carbonyl (C=O) groups is 3. The summed E-state index contributed by atoms with van der Waals surface area (Å²) < 4.78 is 6.96. The monoisotopic (exact) mass is 554 g/mol. The lowest BCUT2D eigenvalue weighted by Crippen LogP contribution is -2.48. The van der Waals surface area contributed by atoms with Crippen LogP contribution in [-0.4, -0.2) is 71.8 Å². The van der Waals surface area contributed by atoms with Crippen molar-refractivity contribution in [3.63, 3.8) is 0 Å². The third kappa shape index (κ3) is 6.65. The summed E-state index contributed by atoms with van der Waals surface area (Å²) in [6, 6.07) is 21.2. The van der Waals surface area contributed by atoms with E-state index in [1.54, 1.807) is 24.5 Å². The third-order valence-electron chi connectivity index (χ3n) is 6.70. The molecule has 4 aromatic rings. The smallest absolute Gasteiger partial charge is 0.313 e. The van der Waals surface area contributed by atoms with E-state index in [0.29, 0.717) is 18.9 Å². The van der Waals surface area contributed by atoms with E-state index in [2.05, 4.69) is 37.3 Å². The first-order valence-electron chi connectivity index (χ1n) is 13.2. The van der Waals surface area contributed by atoms with Crippen LogP contribution in [0.1, 0.15) is 15.9 Å². The van der Waals surface area contributed by atoms with Crippen molar-refractivity contribution >= 4 is 23.3 Å². The molecule has 0 bridgehead atoms. The Morgan fingerprint density at radius 2 is 1.73 bits per heavy atom. The summed E-state index contributed by atoms with van der Waals surface area (Å²) in [6.45, 7) is 3.14. The van der Waals surface area contributed by atoms with Crippen LogP contribution in [0.3, 0.4) is 0 Å². The van der Waals surface area contributed by atoms with Crippen molar-refractivity contribution in [1.82, 2.24) is 25.6 Å². The largest absolute Gasteiger partial charge is 0.378 e. The SMILES string of the molecule is CONC(=O)C(=O)[C@@H](Cc1ccccc1)NC(=O)c1cccnc1-n1ccc(-c2ccc(N3CCOCC3)cc2)n1. The van der Waals surface area contributed by atoms with Crippen molar-refractivity contribution < 1.29 is 24.0 Å². The Morgan fingerprint density at radius 1 is 0.976 bits per heavy atom. The molecule has 1 aliphatic rings. The van der Waals surface area contributed by atoms with Crippen LogP contribution in [0.5, 0.6) is 0 Å². The number of ether oxygens (including phenoxy) is 1. The molecule has 1 aliphatic heterocycles. The Bertz CT molecular complexity index is 1500. The molecule has 0 radical (unpaired) electrons. The minimum Gasteiger partial charge on any atom is -0.378 e. The Kier molecular flexibility index (Phi) is 8.77. The fourth-order valence-electron chi connectivity index (χ4n) is 4.61. The molecule has 0 unspecified atom stereocenters. The van der Waals surface area contributed by atoms with E-state index < -0.39 is 23.6 Å². The number of nitrogens with one attached hydrogen (secondary N) is 2. The lowest BCUT2D eigenvalue weighted by atomic mass is 10.0. The van der Waals surface area contributed by atoms with E-state index in [9.17, 15) is 14.4 Å². The lowest BCUT2D eigenvalue weighted by molar-refractivity contribution is -0.145. The van der Waals surface area contributed by atoms with E-state index in [1.807, 2.05) is 54.0 Å². The molecular formula is C30H30N6O5. The normalized spacial score (nSPS) is 13.8. The van der Waals surface area contributed by atoms with Crippen LogP contribution < -0.4 is 15.7 Å². The van der Waals surface area contributed by atoms with Gasteiger partial charge in [0.1, 0.15) is 6.04 Å². The number of rotatable bonds is 10. The molecule has 2 aromatic heterocycles. The van der Waals surface area contributed by atoms with Gasteiger partial charge in [0.25, 0.3) is 5.91 Å². The molecule has 2 N–H and O–H groups in total. The Hall–Kier alpha value is -4.87. The molecule has 2 amide bonds. The second-order valence-electron chi connectivity index (χ2n) is 9.38. The maximum absolute atomic E-state index is 13.5. The minimum atomic E-state index is -1.13. The molecule has 2 aromatic carbocycles. The van der Waals surface area contributed by atoms with Gasteiger partial charge < -0.3 is 15.0 Å². The summed E-state index contributed by atoms with van der Waals surface area (Å²) in [5, 5.41) is 7.37. The van der Waals surface area contributed by atoms with Gasteiger partial charge in [0, 0.05) is 43.2 Å². The van der Waals surface area contributed by atoms with Gasteiger partial charge in [-0.1, -0.05) is 42.5 Å². The van der Waals surface area contributed by atoms with Crippen LogP contribution in [0.2, 0.25) is 0 Å². The van der Waals surface area contributed by atoms with Gasteiger partial charge in [-0.15, -0.1) is 0 Å². The molecule has 3 heterocycles. The number of hydrogen-bond acceptors (Lipinski definition) is 8. The first-order chi connectivity index (χ1) is 20.0. The average molecular weight is 555 g/mol. The Morgan fingerprint density at radius 3 is 2.46 bits per heavy atom. The summed E-state index contributed by atoms with van der Waals surface area (Å²) in [6.07, 6.45) is 3.40. The summed E-state index contributed by atoms with van der Waals surface area (Å²) in [7, 11) is 1.23. The van der Waals surface area contributed by atoms with Crippen molar-refractivity contribution in [3.8, 4) is 17.1 Å². The summed E-state index contributed by atoms with van der Waals surface area (Å²) in [5.74, 6) is -2.08. The molecule has 0 spiro atoms. The summed E-state index contributed by atoms with van der Waals surface area (Å²) in [5.41, 5.74) is 5.75. The van der Waals surface area contributed by atoms with Crippen LogP contribution in [0.25, 0.3) is 17.1 Å². The van der Waals surface area contributed by atoms with Crippen LogP contribution in [0.4, 0.5) is 5.69 Å². The molecule has 0 aliphatic carbocycles. The van der Waals surface area contributed by atoms with Gasteiger partial charge in [-0.3, -0.25) is 19.2 Å². The summed E-state index contributed by atoms with van der Waals surface area (Å²) >= 11 is 0. The highest BCUT2D eigenvalue weighted by molar-refractivity contribution is 6.38. The number of benzene rings is 2. The van der Waals surface area contributed by atoms with Crippen LogP contribution >= 0.6 is 0 Å². The average Bonchev–Trinajstić information content (AvgIpc) is 3.52. The number of ketones is 1. The zero-order valence-electron chi connectivity index (χ0n) is 22.5. The first-order valence-corrected chi connectivity index (χ1v) is 13.2. The number of nitrogens with zero attached hydrogens (tertiary/aromatic N) is 4. The number of hydrogen-bond donors (Lipinski definition) is 2. The zero-order valence-corrected chi connectivity index (χ0v) is 22.5. The van der Waals surface area contributed by atoms with Crippen molar-refractivity contribution in [2.75, 3.05) is 38.3 Å². The summed E-state index contributed by atoms with van der Waals surface area (Å²) in [4.78, 5) is 49.9. The van der Waals surface area contributed by atoms with Gasteiger partial charge in [-0.05, 0) is 35.9 Å². The highest BCUT2D eigenvalue weighted by atomic mass is 16.6. The van der Waals surface area contributed by atoms with Crippen molar-refractivity contribution in [2.45, 2.75) is 12.5 Å². The van der Waals surface area contributed by atoms with Gasteiger partial charge in [0.05, 0.1) is 31.6 Å². The van der Waals surface area contributed by atoms with Gasteiger partial charge in [0.2, 0.25) is 5.78 Å². The van der Waals surface area contributed by atoms with E-state index in [0.717, 1.165) is 29.9 Å². The molecule has 41 heavy (non-hydrogen) atoms. The minimum absolute atomic E-state index is 0.116. The maximum Gasteiger partial charge on any atom is 0.313 e. The van der Waals surface area contributed by atoms with Gasteiger partial charge >= 0.3 is 5.91 Å². The van der Waals surface area contributed by atoms with Crippen molar-refractivity contribution in [1.29, 1.82) is 0 Å². The molecule has 210 valence electrons. The topological polar surface area (TPSA) is 128 Å². The van der Waals surface area contributed by atoms with E-state index in [4.69, 9.17) is 4.74 Å². The third-order valence-corrected chi connectivity index (χ3v) is 6.70. The predicted molar refractivity (Wildman–Crippen MR) is 151 cm³/mol. The van der Waals surface area contributed by atoms with E-state index >= 15 is 0 Å². The second kappa shape index (κ2) is 13.0. The molecule has 1 atom stereocenters. The van der Waals surface area contributed by atoms with E-state index in [1.165, 1.54) is 11.8 Å². The van der Waals surface area contributed by atoms with E-state index in [-0.39, 0.29) is 17.8 Å². The second-order valence-corrected chi connectivity index (χ2v) is 9.38. The van der Waals surface area contributed by atoms with Gasteiger partial charge in [0.15, 0.2) is 5.82 Å². The Labute approximate surface area is 237 Å². The molecule has 5 rings (SSSR count). The number of aromatic nitrogens is 3. The highest BCUT2D eigenvalue weighted by Gasteiger charge is 2.29. The van der Waals surface area contributed by atoms with Gasteiger partial charge in [-0.2, -0.15) is 5.10 Å². The lowest BCUT2D eigenvalue weighted by Gasteiger charge is -2.28. The van der Waals surface area contributed by atoms with Crippen LogP contribution in [0.15, 0.2) is 85.2 Å². The first kappa shape index (κ1) is 27.7. The maximum atomic E-state index is 13.5. The van der Waals surface area contributed by atoms with Gasteiger partial charge in [-0.25, -0.2) is 15.1 Å². The number of Topliss-reactive ketones (excluding diaryl/α,β-unsaturated/α-hetero) is 1. The number of hydroxylamine groups is 1. The fourth-order valence-corrected chi connectivity index (χ4v) is 4.61. The number of pyridine rings is 1. The zero-order chi connectivity index (χ0) is 28.6. The molecule has 11 heteroatoms. The molecule has 11 nitrogen and oxygen atoms in total. The van der Waals surface area contributed by atoms with Crippen LogP contribution in [-0.2, 0) is 25.6 Å². The Balaban J connectivity index is 1.36. The van der Waals surface area contributed by atoms with Crippen molar-refractivity contribution in [2.24, 2.45) is 0 Å². The molecule has 0 saturated carbocycles. The molecule has 1 fully saturated rings. The van der Waals surface area contributed by atoms with Crippen molar-refractivity contribution in [3.05, 3.63) is 96.3 Å². The molecule has 1 saturated heterocycles. The number of amides is 2. The fraction of sp³-hybridized carbons (Fsp3) is 0.233. The number of carbonyl (C=O) groups excluding carboxylic acids is 3. The number of morpholine rings is 1. The standard InChI is InChI=1S/C30H30N6O5/c1-40-34-30(39)27(37)26(20-21-6-3-2-4-7-21)32-29(38)24-8-5-14-31-28(24)36-15-13-25(33-36)22-9-11-23(12-10-22)35-16-18-41-19-17-35/h2-15,26H,16-20H2,1H3,(H,32,38)(H,34,39)/t26-/m1/s1. The highest BCUT2D eigenvalue weighted by Crippen LogP contribution is 2.24. The quantitative estimate of drug-likeness (QED) is 0.226.